The van der Waals surface area contributed by atoms with Crippen LogP contribution in [0.4, 0.5) is 0 Å². The first-order chi connectivity index (χ1) is 6.22. The maximum Gasteiger partial charge on any atom is 0.0700 e. The second-order valence-electron chi connectivity index (χ2n) is 3.42. The minimum absolute atomic E-state index is 0.274. The van der Waals surface area contributed by atoms with Crippen LogP contribution in [0.25, 0.3) is 0 Å². The molecule has 2 N–H and O–H groups in total. The molecule has 2 atom stereocenters. The van der Waals surface area contributed by atoms with Gasteiger partial charge >= 0.3 is 0 Å². The molecule has 0 radical (unpaired) electrons. The fourth-order valence-electron chi connectivity index (χ4n) is 1.32. The monoisotopic (exact) mass is 189 g/mol. The molecule has 0 aromatic rings. The predicted octanol–water partition coefficient (Wildman–Crippen LogP) is 1.41. The van der Waals surface area contributed by atoms with E-state index in [1.807, 2.05) is 0 Å². The molecule has 13 heavy (non-hydrogen) atoms. The highest BCUT2D eigenvalue weighted by atomic mass is 16.5. The molecule has 0 saturated heterocycles. The van der Waals surface area contributed by atoms with Crippen LogP contribution < -0.4 is 5.73 Å². The summed E-state index contributed by atoms with van der Waals surface area (Å²) in [5.74, 6) is 0.586. The molecule has 0 aliphatic rings. The van der Waals surface area contributed by atoms with Crippen LogP contribution in [0.3, 0.4) is 0 Å². The minimum Gasteiger partial charge on any atom is -0.382 e. The average molecular weight is 189 g/mol. The van der Waals surface area contributed by atoms with Gasteiger partial charge in [-0.3, -0.25) is 0 Å². The lowest BCUT2D eigenvalue weighted by atomic mass is 9.96. The van der Waals surface area contributed by atoms with Crippen molar-refractivity contribution < 1.29 is 9.47 Å². The Morgan fingerprint density at radius 2 is 1.92 bits per heavy atom. The van der Waals surface area contributed by atoms with Crippen LogP contribution in [0.15, 0.2) is 0 Å². The van der Waals surface area contributed by atoms with Crippen molar-refractivity contribution in [3.05, 3.63) is 0 Å². The molecule has 80 valence electrons. The zero-order chi connectivity index (χ0) is 10.1. The Kier molecular flexibility index (Phi) is 8.40. The van der Waals surface area contributed by atoms with Crippen molar-refractivity contribution in [2.24, 2.45) is 11.7 Å². The van der Waals surface area contributed by atoms with Gasteiger partial charge in [-0.25, -0.2) is 0 Å². The molecular formula is C10H23NO2. The summed E-state index contributed by atoms with van der Waals surface area (Å²) in [6, 6.07) is 0.274. The van der Waals surface area contributed by atoms with Crippen molar-refractivity contribution in [3.63, 3.8) is 0 Å². The number of hydrogen-bond acceptors (Lipinski definition) is 3. The third-order valence-electron chi connectivity index (χ3n) is 2.33. The maximum atomic E-state index is 5.81. The highest BCUT2D eigenvalue weighted by molar-refractivity contribution is 4.66. The Morgan fingerprint density at radius 1 is 1.23 bits per heavy atom. The van der Waals surface area contributed by atoms with Crippen LogP contribution in [0.5, 0.6) is 0 Å². The van der Waals surface area contributed by atoms with Gasteiger partial charge in [0.2, 0.25) is 0 Å². The average Bonchev–Trinajstić information content (AvgIpc) is 2.10. The SMILES string of the molecule is CCC(CCOCCOC)C(C)N. The number of ether oxygens (including phenoxy) is 2. The molecule has 0 fully saturated rings. The zero-order valence-corrected chi connectivity index (χ0v) is 9.08. The van der Waals surface area contributed by atoms with Gasteiger partial charge < -0.3 is 15.2 Å². The Labute approximate surface area is 81.6 Å². The number of rotatable bonds is 8. The molecule has 0 aliphatic heterocycles. The third kappa shape index (κ3) is 6.99. The molecule has 0 aliphatic carbocycles. The Balaban J connectivity index is 3.28. The van der Waals surface area contributed by atoms with E-state index in [4.69, 9.17) is 15.2 Å². The van der Waals surface area contributed by atoms with Gasteiger partial charge in [-0.15, -0.1) is 0 Å². The quantitative estimate of drug-likeness (QED) is 0.587. The summed E-state index contributed by atoms with van der Waals surface area (Å²) >= 11 is 0. The molecule has 0 rings (SSSR count). The van der Waals surface area contributed by atoms with Crippen LogP contribution in [-0.2, 0) is 9.47 Å². The number of hydrogen-bond donors (Lipinski definition) is 1. The van der Waals surface area contributed by atoms with Gasteiger partial charge in [0.1, 0.15) is 0 Å². The van der Waals surface area contributed by atoms with E-state index < -0.39 is 0 Å². The van der Waals surface area contributed by atoms with Crippen LogP contribution in [0.2, 0.25) is 0 Å². The summed E-state index contributed by atoms with van der Waals surface area (Å²) in [5.41, 5.74) is 5.81. The van der Waals surface area contributed by atoms with Crippen LogP contribution in [0, 0.1) is 5.92 Å². The standard InChI is InChI=1S/C10H23NO2/c1-4-10(9(2)11)5-6-13-8-7-12-3/h9-10H,4-8,11H2,1-3H3. The molecule has 2 unspecified atom stereocenters. The summed E-state index contributed by atoms with van der Waals surface area (Å²) in [4.78, 5) is 0. The largest absolute Gasteiger partial charge is 0.382 e. The summed E-state index contributed by atoms with van der Waals surface area (Å²) in [6.45, 7) is 6.39. The second kappa shape index (κ2) is 8.48. The van der Waals surface area contributed by atoms with E-state index in [9.17, 15) is 0 Å². The lowest BCUT2D eigenvalue weighted by Gasteiger charge is -2.18. The predicted molar refractivity (Wildman–Crippen MR) is 54.7 cm³/mol. The molecule has 0 aromatic heterocycles. The molecule has 0 spiro atoms. The molecular weight excluding hydrogens is 166 g/mol. The first-order valence-corrected chi connectivity index (χ1v) is 5.04. The van der Waals surface area contributed by atoms with E-state index in [2.05, 4.69) is 13.8 Å². The molecule has 0 aromatic carbocycles. The highest BCUT2D eigenvalue weighted by Crippen LogP contribution is 2.11. The number of nitrogens with two attached hydrogens (primary N) is 1. The fourth-order valence-corrected chi connectivity index (χ4v) is 1.32. The number of methoxy groups -OCH3 is 1. The first-order valence-electron chi connectivity index (χ1n) is 5.04. The van der Waals surface area contributed by atoms with Gasteiger partial charge in [0.15, 0.2) is 0 Å². The Bertz CT molecular complexity index is 107. The molecule has 0 bridgehead atoms. The third-order valence-corrected chi connectivity index (χ3v) is 2.33. The van der Waals surface area contributed by atoms with Gasteiger partial charge in [0.25, 0.3) is 0 Å². The molecule has 3 nitrogen and oxygen atoms in total. The van der Waals surface area contributed by atoms with Gasteiger partial charge in [0.05, 0.1) is 13.2 Å². The van der Waals surface area contributed by atoms with Crippen molar-refractivity contribution in [1.82, 2.24) is 0 Å². The van der Waals surface area contributed by atoms with Crippen molar-refractivity contribution in [2.75, 3.05) is 26.9 Å². The Morgan fingerprint density at radius 3 is 2.38 bits per heavy atom. The van der Waals surface area contributed by atoms with E-state index in [0.717, 1.165) is 19.4 Å². The molecule has 0 amide bonds. The summed E-state index contributed by atoms with van der Waals surface area (Å²) < 4.78 is 10.2. The lowest BCUT2D eigenvalue weighted by Crippen LogP contribution is -2.27. The van der Waals surface area contributed by atoms with E-state index >= 15 is 0 Å². The van der Waals surface area contributed by atoms with Crippen LogP contribution in [-0.4, -0.2) is 33.0 Å². The van der Waals surface area contributed by atoms with Gasteiger partial charge in [-0.1, -0.05) is 13.3 Å². The molecule has 0 saturated carbocycles. The van der Waals surface area contributed by atoms with Gasteiger partial charge in [0, 0.05) is 19.8 Å². The minimum atomic E-state index is 0.274. The highest BCUT2D eigenvalue weighted by Gasteiger charge is 2.10. The second-order valence-corrected chi connectivity index (χ2v) is 3.42. The van der Waals surface area contributed by atoms with E-state index in [1.54, 1.807) is 7.11 Å². The molecule has 3 heteroatoms. The zero-order valence-electron chi connectivity index (χ0n) is 9.08. The lowest BCUT2D eigenvalue weighted by molar-refractivity contribution is 0.0621. The fraction of sp³-hybridized carbons (Fsp3) is 1.00. The van der Waals surface area contributed by atoms with Crippen molar-refractivity contribution >= 4 is 0 Å². The smallest absolute Gasteiger partial charge is 0.0700 e. The van der Waals surface area contributed by atoms with Crippen LogP contribution >= 0.6 is 0 Å². The topological polar surface area (TPSA) is 44.5 Å². The normalized spacial score (nSPS) is 15.7. The Hall–Kier alpha value is -0.120. The van der Waals surface area contributed by atoms with Crippen molar-refractivity contribution in [3.8, 4) is 0 Å². The van der Waals surface area contributed by atoms with E-state index in [1.165, 1.54) is 0 Å². The summed E-state index contributed by atoms with van der Waals surface area (Å²) in [5, 5.41) is 0. The van der Waals surface area contributed by atoms with Gasteiger partial charge in [-0.2, -0.15) is 0 Å². The summed E-state index contributed by atoms with van der Waals surface area (Å²) in [6.07, 6.45) is 2.18. The van der Waals surface area contributed by atoms with E-state index in [-0.39, 0.29) is 6.04 Å². The molecule has 0 heterocycles. The van der Waals surface area contributed by atoms with Crippen LogP contribution in [0.1, 0.15) is 26.7 Å². The maximum absolute atomic E-state index is 5.81. The van der Waals surface area contributed by atoms with Crippen molar-refractivity contribution in [2.45, 2.75) is 32.7 Å². The van der Waals surface area contributed by atoms with Crippen molar-refractivity contribution in [1.29, 1.82) is 0 Å². The van der Waals surface area contributed by atoms with Gasteiger partial charge in [-0.05, 0) is 19.3 Å². The first kappa shape index (κ1) is 12.9. The summed E-state index contributed by atoms with van der Waals surface area (Å²) in [7, 11) is 1.68. The van der Waals surface area contributed by atoms with E-state index in [0.29, 0.717) is 19.1 Å².